The van der Waals surface area contributed by atoms with E-state index >= 15 is 0 Å². The summed E-state index contributed by atoms with van der Waals surface area (Å²) in [5.41, 5.74) is 7.29. The van der Waals surface area contributed by atoms with Crippen molar-refractivity contribution in [1.82, 2.24) is 0 Å². The van der Waals surface area contributed by atoms with Gasteiger partial charge in [0.25, 0.3) is 0 Å². The molecule has 0 radical (unpaired) electrons. The van der Waals surface area contributed by atoms with Gasteiger partial charge in [-0.1, -0.05) is 96.5 Å². The summed E-state index contributed by atoms with van der Waals surface area (Å²) in [6, 6.07) is 24.0. The highest BCUT2D eigenvalue weighted by Crippen LogP contribution is 2.41. The minimum absolute atomic E-state index is 0.123. The number of nitrogens with zero attached hydrogens (tertiary/aromatic N) is 1. The van der Waals surface area contributed by atoms with Gasteiger partial charge >= 0.3 is 0 Å². The van der Waals surface area contributed by atoms with Crippen LogP contribution in [0.3, 0.4) is 0 Å². The van der Waals surface area contributed by atoms with Crippen LogP contribution in [0.25, 0.3) is 0 Å². The standard InChI is InChI=1S/C28H34ClN/c1-8-20-10-9-11-25(26(20)29)30(23-16-12-21(13-17-23)27(2,3)4)24-18-14-22(15-19-24)28(5,6)7/h9-19H,8H2,1-7H3. The smallest absolute Gasteiger partial charge is 0.0678 e. The van der Waals surface area contributed by atoms with Gasteiger partial charge in [0.05, 0.1) is 10.7 Å². The van der Waals surface area contributed by atoms with Crippen LogP contribution < -0.4 is 4.90 Å². The van der Waals surface area contributed by atoms with E-state index in [0.29, 0.717) is 0 Å². The van der Waals surface area contributed by atoms with Crippen molar-refractivity contribution in [1.29, 1.82) is 0 Å². The largest absolute Gasteiger partial charge is 0.309 e. The topological polar surface area (TPSA) is 3.24 Å². The number of hydrogen-bond acceptors (Lipinski definition) is 1. The molecule has 0 heterocycles. The summed E-state index contributed by atoms with van der Waals surface area (Å²) >= 11 is 6.87. The maximum absolute atomic E-state index is 6.87. The van der Waals surface area contributed by atoms with Crippen LogP contribution in [-0.4, -0.2) is 0 Å². The molecule has 2 heteroatoms. The summed E-state index contributed by atoms with van der Waals surface area (Å²) in [7, 11) is 0. The fraction of sp³-hybridized carbons (Fsp3) is 0.357. The second-order valence-corrected chi connectivity index (χ2v) is 10.4. The first-order chi connectivity index (χ1) is 14.0. The number of hydrogen-bond donors (Lipinski definition) is 0. The van der Waals surface area contributed by atoms with Gasteiger partial charge in [-0.05, 0) is 64.3 Å². The lowest BCUT2D eigenvalue weighted by Crippen LogP contribution is -2.15. The summed E-state index contributed by atoms with van der Waals surface area (Å²) in [5.74, 6) is 0. The number of rotatable bonds is 4. The Labute approximate surface area is 187 Å². The molecule has 158 valence electrons. The van der Waals surface area contributed by atoms with Crippen molar-refractivity contribution in [2.24, 2.45) is 0 Å². The van der Waals surface area contributed by atoms with Gasteiger partial charge in [-0.2, -0.15) is 0 Å². The third kappa shape index (κ3) is 4.73. The molecule has 0 aliphatic rings. The maximum Gasteiger partial charge on any atom is 0.0678 e. The van der Waals surface area contributed by atoms with Crippen LogP contribution >= 0.6 is 11.6 Å². The van der Waals surface area contributed by atoms with Crippen LogP contribution in [-0.2, 0) is 17.3 Å². The van der Waals surface area contributed by atoms with E-state index in [9.17, 15) is 0 Å². The zero-order valence-electron chi connectivity index (χ0n) is 19.4. The highest BCUT2D eigenvalue weighted by molar-refractivity contribution is 6.34. The summed E-state index contributed by atoms with van der Waals surface area (Å²) in [4.78, 5) is 2.26. The van der Waals surface area contributed by atoms with E-state index < -0.39 is 0 Å². The molecule has 0 atom stereocenters. The summed E-state index contributed by atoms with van der Waals surface area (Å²) in [6.07, 6.45) is 0.909. The molecule has 0 aliphatic carbocycles. The Morgan fingerprint density at radius 3 is 1.47 bits per heavy atom. The van der Waals surface area contributed by atoms with Crippen LogP contribution in [0.1, 0.15) is 65.2 Å². The van der Waals surface area contributed by atoms with Gasteiger partial charge in [0, 0.05) is 11.4 Å². The molecule has 3 aromatic rings. The zero-order valence-corrected chi connectivity index (χ0v) is 20.1. The third-order valence-corrected chi connectivity index (χ3v) is 6.10. The molecule has 3 rings (SSSR count). The molecule has 0 aromatic heterocycles. The Morgan fingerprint density at radius 2 is 1.10 bits per heavy atom. The molecule has 30 heavy (non-hydrogen) atoms. The fourth-order valence-electron chi connectivity index (χ4n) is 3.66. The molecule has 0 saturated carbocycles. The Bertz CT molecular complexity index is 929. The minimum Gasteiger partial charge on any atom is -0.309 e. The minimum atomic E-state index is 0.123. The van der Waals surface area contributed by atoms with Crippen molar-refractivity contribution in [3.63, 3.8) is 0 Å². The lowest BCUT2D eigenvalue weighted by atomic mass is 9.86. The van der Waals surface area contributed by atoms with E-state index in [4.69, 9.17) is 11.6 Å². The molecule has 0 saturated heterocycles. The van der Waals surface area contributed by atoms with Gasteiger partial charge in [-0.3, -0.25) is 0 Å². The predicted molar refractivity (Wildman–Crippen MR) is 133 cm³/mol. The first-order valence-electron chi connectivity index (χ1n) is 10.8. The lowest BCUT2D eigenvalue weighted by Gasteiger charge is -2.29. The molecule has 1 nitrogen and oxygen atoms in total. The monoisotopic (exact) mass is 419 g/mol. The molecule has 0 bridgehead atoms. The Kier molecular flexibility index (Phi) is 6.34. The van der Waals surface area contributed by atoms with Crippen molar-refractivity contribution in [3.05, 3.63) is 88.4 Å². The average molecular weight is 420 g/mol. The normalized spacial score (nSPS) is 12.1. The van der Waals surface area contributed by atoms with Crippen LogP contribution in [0.4, 0.5) is 17.1 Å². The van der Waals surface area contributed by atoms with Crippen molar-refractivity contribution >= 4 is 28.7 Å². The summed E-state index contributed by atoms with van der Waals surface area (Å²) < 4.78 is 0. The maximum atomic E-state index is 6.87. The Morgan fingerprint density at radius 1 is 0.667 bits per heavy atom. The van der Waals surface area contributed by atoms with Crippen molar-refractivity contribution < 1.29 is 0 Å². The molecule has 0 spiro atoms. The van der Waals surface area contributed by atoms with E-state index in [1.807, 2.05) is 0 Å². The molecule has 0 aliphatic heterocycles. The van der Waals surface area contributed by atoms with E-state index in [1.165, 1.54) is 11.1 Å². The molecule has 0 N–H and O–H groups in total. The average Bonchev–Trinajstić information content (AvgIpc) is 2.69. The number of aryl methyl sites for hydroxylation is 1. The van der Waals surface area contributed by atoms with Gasteiger partial charge in [0.2, 0.25) is 0 Å². The van der Waals surface area contributed by atoms with E-state index in [-0.39, 0.29) is 10.8 Å². The summed E-state index contributed by atoms with van der Waals surface area (Å²) in [5, 5.41) is 0.819. The van der Waals surface area contributed by atoms with Gasteiger partial charge < -0.3 is 4.90 Å². The molecular formula is C28H34ClN. The zero-order chi connectivity index (χ0) is 22.1. The summed E-state index contributed by atoms with van der Waals surface area (Å²) in [6.45, 7) is 15.6. The van der Waals surface area contributed by atoms with Crippen LogP contribution in [0.5, 0.6) is 0 Å². The van der Waals surface area contributed by atoms with Crippen molar-refractivity contribution in [2.75, 3.05) is 4.90 Å². The molecule has 3 aromatic carbocycles. The highest BCUT2D eigenvalue weighted by Gasteiger charge is 2.20. The lowest BCUT2D eigenvalue weighted by molar-refractivity contribution is 0.590. The molecule has 0 amide bonds. The Balaban J connectivity index is 2.15. The number of benzene rings is 3. The van der Waals surface area contributed by atoms with E-state index in [2.05, 4.69) is 120 Å². The van der Waals surface area contributed by atoms with Crippen LogP contribution in [0.2, 0.25) is 5.02 Å². The van der Waals surface area contributed by atoms with E-state index in [1.54, 1.807) is 0 Å². The first kappa shape index (κ1) is 22.4. The van der Waals surface area contributed by atoms with Crippen LogP contribution in [0.15, 0.2) is 66.7 Å². The fourth-order valence-corrected chi connectivity index (χ4v) is 4.00. The number of halogens is 1. The number of anilines is 3. The van der Waals surface area contributed by atoms with Crippen LogP contribution in [0, 0.1) is 0 Å². The SMILES string of the molecule is CCc1cccc(N(c2ccc(C(C)(C)C)cc2)c2ccc(C(C)(C)C)cc2)c1Cl. The molecular weight excluding hydrogens is 386 g/mol. The second kappa shape index (κ2) is 8.47. The van der Waals surface area contributed by atoms with Crippen molar-refractivity contribution in [2.45, 2.75) is 65.7 Å². The van der Waals surface area contributed by atoms with E-state index in [0.717, 1.165) is 34.1 Å². The quantitative estimate of drug-likeness (QED) is 0.407. The second-order valence-electron chi connectivity index (χ2n) is 10.0. The predicted octanol–water partition coefficient (Wildman–Crippen LogP) is 8.97. The first-order valence-corrected chi connectivity index (χ1v) is 11.2. The Hall–Kier alpha value is -2.25. The highest BCUT2D eigenvalue weighted by atomic mass is 35.5. The van der Waals surface area contributed by atoms with Gasteiger partial charge in [0.1, 0.15) is 0 Å². The van der Waals surface area contributed by atoms with Gasteiger partial charge in [0.15, 0.2) is 0 Å². The van der Waals surface area contributed by atoms with Crippen molar-refractivity contribution in [3.8, 4) is 0 Å². The van der Waals surface area contributed by atoms with Gasteiger partial charge in [-0.25, -0.2) is 0 Å². The van der Waals surface area contributed by atoms with Gasteiger partial charge in [-0.15, -0.1) is 0 Å². The molecule has 0 unspecified atom stereocenters. The third-order valence-electron chi connectivity index (χ3n) is 5.66. The molecule has 0 fully saturated rings.